The number of nitrogens with two attached hydrogens (primary N) is 1. The number of nitrogens with one attached hydrogen (secondary N) is 1. The van der Waals surface area contributed by atoms with Crippen molar-refractivity contribution in [2.75, 3.05) is 7.05 Å². The van der Waals surface area contributed by atoms with Crippen LogP contribution in [0, 0.1) is 5.41 Å². The molecule has 1 heterocycles. The van der Waals surface area contributed by atoms with Gasteiger partial charge in [0.25, 0.3) is 0 Å². The largest absolute Gasteiger partial charge is 0.369 e. The maximum absolute atomic E-state index is 11.5. The second kappa shape index (κ2) is 4.45. The smallest absolute Gasteiger partial charge is 0.227 e. The summed E-state index contributed by atoms with van der Waals surface area (Å²) in [4.78, 5) is 17.3. The summed E-state index contributed by atoms with van der Waals surface area (Å²) >= 11 is 5.88. The zero-order chi connectivity index (χ0) is 13.6. The number of carbonyl (C=O) groups excluding carboxylic acids is 1. The number of halogens is 1. The third kappa shape index (κ3) is 2.12. The minimum Gasteiger partial charge on any atom is -0.369 e. The normalized spacial score (nSPS) is 29.4. The molecule has 102 valence electrons. The molecule has 2 atom stereocenters. The van der Waals surface area contributed by atoms with E-state index in [1.54, 1.807) is 5.06 Å². The summed E-state index contributed by atoms with van der Waals surface area (Å²) in [5.41, 5.74) is 5.96. The number of hydrogen-bond acceptors (Lipinski definition) is 4. The van der Waals surface area contributed by atoms with Gasteiger partial charge in [-0.05, 0) is 30.5 Å². The molecular formula is C13H16ClN3O2. The molecule has 6 heteroatoms. The van der Waals surface area contributed by atoms with Crippen molar-refractivity contribution in [1.29, 1.82) is 0 Å². The molecule has 1 aliphatic heterocycles. The lowest BCUT2D eigenvalue weighted by molar-refractivity contribution is -0.168. The second-order valence-corrected chi connectivity index (χ2v) is 5.61. The van der Waals surface area contributed by atoms with Crippen LogP contribution in [0.15, 0.2) is 24.3 Å². The molecule has 1 saturated heterocycles. The molecule has 1 amide bonds. The van der Waals surface area contributed by atoms with E-state index in [1.165, 1.54) is 0 Å². The number of benzene rings is 1. The van der Waals surface area contributed by atoms with Crippen molar-refractivity contribution in [2.45, 2.75) is 25.2 Å². The Morgan fingerprint density at radius 1 is 1.47 bits per heavy atom. The van der Waals surface area contributed by atoms with Gasteiger partial charge in [-0.2, -0.15) is 5.06 Å². The Labute approximate surface area is 116 Å². The van der Waals surface area contributed by atoms with Gasteiger partial charge in [0.15, 0.2) is 0 Å². The molecule has 3 rings (SSSR count). The van der Waals surface area contributed by atoms with E-state index in [-0.39, 0.29) is 18.3 Å². The first kappa shape index (κ1) is 12.9. The van der Waals surface area contributed by atoms with Gasteiger partial charge >= 0.3 is 0 Å². The van der Waals surface area contributed by atoms with Gasteiger partial charge in [-0.25, -0.2) is 0 Å². The zero-order valence-corrected chi connectivity index (χ0v) is 11.4. The van der Waals surface area contributed by atoms with E-state index in [9.17, 15) is 4.79 Å². The van der Waals surface area contributed by atoms with Gasteiger partial charge in [0.2, 0.25) is 5.91 Å². The van der Waals surface area contributed by atoms with Gasteiger partial charge in [0.05, 0.1) is 5.41 Å². The molecule has 0 aromatic heterocycles. The number of nitrogens with zero attached hydrogens (tertiary/aromatic N) is 1. The molecule has 0 spiro atoms. The first-order valence-corrected chi connectivity index (χ1v) is 6.62. The molecule has 1 aromatic rings. The Hall–Kier alpha value is -1.14. The Morgan fingerprint density at radius 2 is 2.11 bits per heavy atom. The van der Waals surface area contributed by atoms with Crippen LogP contribution >= 0.6 is 11.6 Å². The summed E-state index contributed by atoms with van der Waals surface area (Å²) in [5, 5.41) is 5.73. The van der Waals surface area contributed by atoms with Crippen LogP contribution in [0.3, 0.4) is 0 Å². The second-order valence-electron chi connectivity index (χ2n) is 5.17. The predicted molar refractivity (Wildman–Crippen MR) is 70.8 cm³/mol. The number of hydroxylamine groups is 2. The molecule has 0 radical (unpaired) electrons. The lowest BCUT2D eigenvalue weighted by atomic mass is 10.0. The first-order chi connectivity index (χ1) is 9.03. The number of rotatable bonds is 3. The van der Waals surface area contributed by atoms with Gasteiger partial charge in [0.1, 0.15) is 12.4 Å². The Balaban J connectivity index is 1.79. The molecule has 3 N–H and O–H groups in total. The van der Waals surface area contributed by atoms with Crippen molar-refractivity contribution >= 4 is 17.5 Å². The first-order valence-electron chi connectivity index (χ1n) is 6.24. The van der Waals surface area contributed by atoms with E-state index in [1.807, 2.05) is 31.3 Å². The zero-order valence-electron chi connectivity index (χ0n) is 10.6. The van der Waals surface area contributed by atoms with Crippen LogP contribution in [0.1, 0.15) is 24.6 Å². The molecule has 1 saturated carbocycles. The summed E-state index contributed by atoms with van der Waals surface area (Å²) in [6.07, 6.45) is 1.11. The average molecular weight is 282 g/mol. The summed E-state index contributed by atoms with van der Waals surface area (Å²) < 4.78 is 0. The van der Waals surface area contributed by atoms with Crippen molar-refractivity contribution in [1.82, 2.24) is 10.4 Å². The van der Waals surface area contributed by atoms with E-state index < -0.39 is 5.41 Å². The maximum atomic E-state index is 11.5. The van der Waals surface area contributed by atoms with Crippen LogP contribution in [0.5, 0.6) is 0 Å². The highest BCUT2D eigenvalue weighted by Gasteiger charge is 2.58. The van der Waals surface area contributed by atoms with Crippen molar-refractivity contribution < 1.29 is 9.63 Å². The molecule has 1 aromatic carbocycles. The summed E-state index contributed by atoms with van der Waals surface area (Å²) in [5.74, 6) is -0.296. The van der Waals surface area contributed by atoms with Gasteiger partial charge in [-0.3, -0.25) is 14.9 Å². The Kier molecular flexibility index (Phi) is 3.02. The Morgan fingerprint density at radius 3 is 2.63 bits per heavy atom. The summed E-state index contributed by atoms with van der Waals surface area (Å²) in [6, 6.07) is 7.54. The predicted octanol–water partition coefficient (Wildman–Crippen LogP) is 1.40. The fourth-order valence-electron chi connectivity index (χ4n) is 2.49. The average Bonchev–Trinajstić information content (AvgIpc) is 3.10. The molecular weight excluding hydrogens is 266 g/mol. The number of hydrogen-bond donors (Lipinski definition) is 2. The molecule has 5 nitrogen and oxygen atoms in total. The molecule has 0 bridgehead atoms. The maximum Gasteiger partial charge on any atom is 0.227 e. The minimum absolute atomic E-state index is 0.0981. The molecule has 1 aliphatic carbocycles. The van der Waals surface area contributed by atoms with Crippen LogP contribution in [-0.2, 0) is 9.63 Å². The highest BCUT2D eigenvalue weighted by molar-refractivity contribution is 6.30. The third-order valence-electron chi connectivity index (χ3n) is 3.91. The van der Waals surface area contributed by atoms with Crippen LogP contribution in [0.25, 0.3) is 0 Å². The van der Waals surface area contributed by atoms with Crippen LogP contribution in [-0.4, -0.2) is 24.2 Å². The fourth-order valence-corrected chi connectivity index (χ4v) is 2.62. The fraction of sp³-hybridized carbons (Fsp3) is 0.462. The van der Waals surface area contributed by atoms with Crippen molar-refractivity contribution in [3.63, 3.8) is 0 Å². The molecule has 2 aliphatic rings. The minimum atomic E-state index is -0.546. The van der Waals surface area contributed by atoms with Crippen LogP contribution < -0.4 is 11.1 Å². The quantitative estimate of drug-likeness (QED) is 0.879. The van der Waals surface area contributed by atoms with E-state index in [0.717, 1.165) is 18.4 Å². The number of primary amides is 1. The van der Waals surface area contributed by atoms with Crippen molar-refractivity contribution in [3.8, 4) is 0 Å². The van der Waals surface area contributed by atoms with E-state index >= 15 is 0 Å². The summed E-state index contributed by atoms with van der Waals surface area (Å²) in [6.45, 7) is 0. The van der Waals surface area contributed by atoms with Gasteiger partial charge in [-0.15, -0.1) is 0 Å². The standard InChI is InChI=1S/C13H16ClN3O2/c1-17-10(8-2-4-9(14)5-3-8)16-12(19-17)13(6-7-13)11(15)18/h2-5,10,12,16H,6-7H2,1H3,(H2,15,18). The molecule has 2 fully saturated rings. The van der Waals surface area contributed by atoms with E-state index in [4.69, 9.17) is 22.2 Å². The Bertz CT molecular complexity index is 501. The monoisotopic (exact) mass is 281 g/mol. The van der Waals surface area contributed by atoms with Crippen LogP contribution in [0.2, 0.25) is 5.02 Å². The topological polar surface area (TPSA) is 67.6 Å². The SMILES string of the molecule is CN1OC(C2(C(N)=O)CC2)NC1c1ccc(Cl)cc1. The van der Waals surface area contributed by atoms with Gasteiger partial charge < -0.3 is 5.73 Å². The van der Waals surface area contributed by atoms with E-state index in [0.29, 0.717) is 5.02 Å². The highest BCUT2D eigenvalue weighted by atomic mass is 35.5. The van der Waals surface area contributed by atoms with Gasteiger partial charge in [-0.1, -0.05) is 23.7 Å². The lowest BCUT2D eigenvalue weighted by Crippen LogP contribution is -2.42. The molecule has 19 heavy (non-hydrogen) atoms. The van der Waals surface area contributed by atoms with Gasteiger partial charge in [0, 0.05) is 12.1 Å². The number of amides is 1. The lowest BCUT2D eigenvalue weighted by Gasteiger charge is -2.18. The van der Waals surface area contributed by atoms with E-state index in [2.05, 4.69) is 5.32 Å². The molecule has 2 unspecified atom stereocenters. The summed E-state index contributed by atoms with van der Waals surface area (Å²) in [7, 11) is 1.84. The number of carbonyl (C=O) groups is 1. The van der Waals surface area contributed by atoms with Crippen LogP contribution in [0.4, 0.5) is 0 Å². The highest BCUT2D eigenvalue weighted by Crippen LogP contribution is 2.51. The van der Waals surface area contributed by atoms with Crippen molar-refractivity contribution in [3.05, 3.63) is 34.9 Å². The third-order valence-corrected chi connectivity index (χ3v) is 4.16. The van der Waals surface area contributed by atoms with Crippen molar-refractivity contribution in [2.24, 2.45) is 11.1 Å².